The summed E-state index contributed by atoms with van der Waals surface area (Å²) in [7, 11) is 1.29. The Bertz CT molecular complexity index is 450. The van der Waals surface area contributed by atoms with Crippen LogP contribution >= 0.6 is 15.9 Å². The molecule has 0 radical (unpaired) electrons. The minimum atomic E-state index is -0.950. The van der Waals surface area contributed by atoms with Gasteiger partial charge >= 0.3 is 11.9 Å². The topological polar surface area (TPSA) is 75.6 Å². The zero-order valence-electron chi connectivity index (χ0n) is 10.6. The fraction of sp³-hybridized carbons (Fsp3) is 0.385. The molecule has 1 atom stereocenters. The number of halogens is 1. The van der Waals surface area contributed by atoms with Gasteiger partial charge in [0.2, 0.25) is 0 Å². The molecular weight excluding hydrogens is 314 g/mol. The molecule has 0 bridgehead atoms. The van der Waals surface area contributed by atoms with E-state index in [1.54, 1.807) is 0 Å². The second kappa shape index (κ2) is 7.91. The van der Waals surface area contributed by atoms with Crippen LogP contribution in [0, 0.1) is 0 Å². The number of rotatable bonds is 7. The summed E-state index contributed by atoms with van der Waals surface area (Å²) >= 11 is 3.41. The molecule has 5 nitrogen and oxygen atoms in total. The Balaban J connectivity index is 2.59. The number of aliphatic carboxylic acids is 1. The molecule has 0 aromatic heterocycles. The molecule has 0 saturated heterocycles. The van der Waals surface area contributed by atoms with E-state index < -0.39 is 18.0 Å². The molecule has 1 aromatic rings. The average molecular weight is 330 g/mol. The number of methoxy groups -OCH3 is 1. The summed E-state index contributed by atoms with van der Waals surface area (Å²) in [5.41, 5.74) is 1.00. The first kappa shape index (κ1) is 15.7. The van der Waals surface area contributed by atoms with E-state index in [2.05, 4.69) is 26.0 Å². The second-order valence-electron chi connectivity index (χ2n) is 4.05. The van der Waals surface area contributed by atoms with Gasteiger partial charge < -0.3 is 15.2 Å². The first-order valence-electron chi connectivity index (χ1n) is 5.78. The van der Waals surface area contributed by atoms with Crippen LogP contribution in [-0.2, 0) is 20.9 Å². The minimum Gasteiger partial charge on any atom is -0.481 e. The standard InChI is InChI=1S/C13H16BrNO4/c1-19-13(18)7-10(6-12(16)17)15-8-9-4-2-3-5-11(9)14/h2-5,10,15H,6-8H2,1H3,(H,16,17)/t10-/m0/s1. The summed E-state index contributed by atoms with van der Waals surface area (Å²) in [6, 6.07) is 7.18. The van der Waals surface area contributed by atoms with Crippen molar-refractivity contribution in [3.05, 3.63) is 34.3 Å². The Morgan fingerprint density at radius 2 is 2.05 bits per heavy atom. The third-order valence-corrected chi connectivity index (χ3v) is 3.37. The molecule has 0 spiro atoms. The van der Waals surface area contributed by atoms with E-state index in [9.17, 15) is 9.59 Å². The van der Waals surface area contributed by atoms with Gasteiger partial charge in [0.25, 0.3) is 0 Å². The number of hydrogen-bond donors (Lipinski definition) is 2. The summed E-state index contributed by atoms with van der Waals surface area (Å²) < 4.78 is 5.50. The molecule has 2 N–H and O–H groups in total. The normalized spacial score (nSPS) is 11.9. The highest BCUT2D eigenvalue weighted by Crippen LogP contribution is 2.16. The number of carbonyl (C=O) groups is 2. The zero-order valence-corrected chi connectivity index (χ0v) is 12.1. The third-order valence-electron chi connectivity index (χ3n) is 2.60. The third kappa shape index (κ3) is 5.85. The molecule has 0 aliphatic carbocycles. The summed E-state index contributed by atoms with van der Waals surface area (Å²) in [5, 5.41) is 11.9. The summed E-state index contributed by atoms with van der Waals surface area (Å²) in [6.45, 7) is 0.483. The lowest BCUT2D eigenvalue weighted by Gasteiger charge is -2.16. The lowest BCUT2D eigenvalue weighted by Crippen LogP contribution is -2.33. The fourth-order valence-corrected chi connectivity index (χ4v) is 2.03. The van der Waals surface area contributed by atoms with E-state index in [-0.39, 0.29) is 12.8 Å². The van der Waals surface area contributed by atoms with Crippen LogP contribution in [0.5, 0.6) is 0 Å². The molecule has 1 rings (SSSR count). The van der Waals surface area contributed by atoms with Crippen molar-refractivity contribution in [2.75, 3.05) is 7.11 Å². The van der Waals surface area contributed by atoms with Crippen molar-refractivity contribution < 1.29 is 19.4 Å². The molecule has 0 heterocycles. The molecule has 0 fully saturated rings. The highest BCUT2D eigenvalue weighted by molar-refractivity contribution is 9.10. The van der Waals surface area contributed by atoms with Gasteiger partial charge in [-0.15, -0.1) is 0 Å². The maximum Gasteiger partial charge on any atom is 0.307 e. The van der Waals surface area contributed by atoms with Gasteiger partial charge in [0.15, 0.2) is 0 Å². The number of carbonyl (C=O) groups excluding carboxylic acids is 1. The van der Waals surface area contributed by atoms with Gasteiger partial charge in [-0.1, -0.05) is 34.1 Å². The summed E-state index contributed by atoms with van der Waals surface area (Å²) in [4.78, 5) is 22.0. The first-order chi connectivity index (χ1) is 9.02. The fourth-order valence-electron chi connectivity index (χ4n) is 1.61. The van der Waals surface area contributed by atoms with Crippen LogP contribution in [0.4, 0.5) is 0 Å². The van der Waals surface area contributed by atoms with Gasteiger partial charge in [0, 0.05) is 17.1 Å². The average Bonchev–Trinajstić information content (AvgIpc) is 2.36. The van der Waals surface area contributed by atoms with Gasteiger partial charge in [-0.2, -0.15) is 0 Å². The van der Waals surface area contributed by atoms with E-state index in [1.165, 1.54) is 7.11 Å². The Morgan fingerprint density at radius 3 is 2.63 bits per heavy atom. The van der Waals surface area contributed by atoms with Crippen molar-refractivity contribution in [2.24, 2.45) is 0 Å². The van der Waals surface area contributed by atoms with Crippen LogP contribution in [-0.4, -0.2) is 30.2 Å². The maximum atomic E-state index is 11.2. The largest absolute Gasteiger partial charge is 0.481 e. The van der Waals surface area contributed by atoms with Crippen LogP contribution in [0.3, 0.4) is 0 Å². The zero-order chi connectivity index (χ0) is 14.3. The van der Waals surface area contributed by atoms with Gasteiger partial charge in [-0.25, -0.2) is 0 Å². The Hall–Kier alpha value is -1.40. The van der Waals surface area contributed by atoms with E-state index >= 15 is 0 Å². The van der Waals surface area contributed by atoms with Crippen LogP contribution < -0.4 is 5.32 Å². The van der Waals surface area contributed by atoms with E-state index in [0.717, 1.165) is 10.0 Å². The van der Waals surface area contributed by atoms with Crippen LogP contribution in [0.25, 0.3) is 0 Å². The van der Waals surface area contributed by atoms with E-state index in [4.69, 9.17) is 5.11 Å². The number of nitrogens with one attached hydrogen (secondary N) is 1. The second-order valence-corrected chi connectivity index (χ2v) is 4.90. The van der Waals surface area contributed by atoms with Gasteiger partial charge in [0.05, 0.1) is 20.0 Å². The molecule has 0 aliphatic rings. The van der Waals surface area contributed by atoms with Crippen LogP contribution in [0.2, 0.25) is 0 Å². The Kier molecular flexibility index (Phi) is 6.52. The van der Waals surface area contributed by atoms with Crippen molar-refractivity contribution >= 4 is 27.9 Å². The molecule has 0 amide bonds. The van der Waals surface area contributed by atoms with Crippen LogP contribution in [0.15, 0.2) is 28.7 Å². The maximum absolute atomic E-state index is 11.2. The molecule has 1 aromatic carbocycles. The quantitative estimate of drug-likeness (QED) is 0.748. The highest BCUT2D eigenvalue weighted by atomic mass is 79.9. The molecular formula is C13H16BrNO4. The predicted molar refractivity (Wildman–Crippen MR) is 73.7 cm³/mol. The number of hydrogen-bond acceptors (Lipinski definition) is 4. The molecule has 104 valence electrons. The molecule has 6 heteroatoms. The van der Waals surface area contributed by atoms with Crippen molar-refractivity contribution in [3.63, 3.8) is 0 Å². The monoisotopic (exact) mass is 329 g/mol. The van der Waals surface area contributed by atoms with E-state index in [1.807, 2.05) is 24.3 Å². The summed E-state index contributed by atoms with van der Waals surface area (Å²) in [6.07, 6.45) is -0.0905. The van der Waals surface area contributed by atoms with Crippen molar-refractivity contribution in [2.45, 2.75) is 25.4 Å². The lowest BCUT2D eigenvalue weighted by atomic mass is 10.1. The molecule has 19 heavy (non-hydrogen) atoms. The summed E-state index contributed by atoms with van der Waals surface area (Å²) in [5.74, 6) is -1.38. The van der Waals surface area contributed by atoms with Crippen molar-refractivity contribution in [1.29, 1.82) is 0 Å². The molecule has 0 unspecified atom stereocenters. The molecule has 0 aliphatic heterocycles. The van der Waals surface area contributed by atoms with Crippen molar-refractivity contribution in [3.8, 4) is 0 Å². The SMILES string of the molecule is COC(=O)C[C@H](CC(=O)O)NCc1ccccc1Br. The van der Waals surface area contributed by atoms with Crippen molar-refractivity contribution in [1.82, 2.24) is 5.32 Å². The smallest absolute Gasteiger partial charge is 0.307 e. The van der Waals surface area contributed by atoms with Gasteiger partial charge in [-0.05, 0) is 11.6 Å². The number of carboxylic acid groups (broad SMARTS) is 1. The minimum absolute atomic E-state index is 0.0350. The predicted octanol–water partition coefficient (Wildman–Crippen LogP) is 1.95. The van der Waals surface area contributed by atoms with Crippen LogP contribution in [0.1, 0.15) is 18.4 Å². The highest BCUT2D eigenvalue weighted by Gasteiger charge is 2.17. The first-order valence-corrected chi connectivity index (χ1v) is 6.57. The van der Waals surface area contributed by atoms with E-state index in [0.29, 0.717) is 6.54 Å². The van der Waals surface area contributed by atoms with Gasteiger partial charge in [-0.3, -0.25) is 9.59 Å². The number of benzene rings is 1. The lowest BCUT2D eigenvalue weighted by molar-refractivity contribution is -0.142. The van der Waals surface area contributed by atoms with Gasteiger partial charge in [0.1, 0.15) is 0 Å². The number of ether oxygens (including phenoxy) is 1. The Morgan fingerprint density at radius 1 is 1.37 bits per heavy atom. The number of esters is 1. The molecule has 0 saturated carbocycles. The Labute approximate surface area is 120 Å². The number of carboxylic acids is 1.